The fraction of sp³-hybridized carbons (Fsp3) is 0.882. The van der Waals surface area contributed by atoms with E-state index in [9.17, 15) is 9.59 Å². The zero-order valence-corrected chi connectivity index (χ0v) is 15.3. The highest BCUT2D eigenvalue weighted by Crippen LogP contribution is 2.08. The minimum Gasteiger partial charge on any atom is -0.379 e. The third-order valence-corrected chi connectivity index (χ3v) is 4.74. The van der Waals surface area contributed by atoms with Crippen LogP contribution in [0.5, 0.6) is 0 Å². The maximum absolute atomic E-state index is 12.4. The van der Waals surface area contributed by atoms with E-state index >= 15 is 0 Å². The van der Waals surface area contributed by atoms with E-state index in [0.29, 0.717) is 45.3 Å². The van der Waals surface area contributed by atoms with Crippen molar-refractivity contribution in [3.8, 4) is 0 Å². The van der Waals surface area contributed by atoms with E-state index in [1.807, 2.05) is 11.8 Å². The van der Waals surface area contributed by atoms with Crippen LogP contribution in [0, 0.1) is 5.92 Å². The predicted octanol–water partition coefficient (Wildman–Crippen LogP) is -0.376. The second-order valence-corrected chi connectivity index (χ2v) is 7.12. The molecule has 138 valence electrons. The second kappa shape index (κ2) is 9.34. The minimum absolute atomic E-state index is 0.0804. The number of carbonyl (C=O) groups is 2. The maximum Gasteiger partial charge on any atom is 0.237 e. The Kier molecular flexibility index (Phi) is 7.45. The van der Waals surface area contributed by atoms with Gasteiger partial charge in [0.2, 0.25) is 11.8 Å². The molecule has 1 unspecified atom stereocenters. The van der Waals surface area contributed by atoms with Gasteiger partial charge in [-0.1, -0.05) is 13.8 Å². The van der Waals surface area contributed by atoms with Gasteiger partial charge in [0, 0.05) is 45.8 Å². The number of hydrogen-bond donors (Lipinski definition) is 1. The normalized spacial score (nSPS) is 21.8. The number of nitrogens with one attached hydrogen (secondary N) is 1. The number of hydrogen-bond acceptors (Lipinski definition) is 5. The molecule has 1 N–H and O–H groups in total. The molecule has 0 aromatic rings. The van der Waals surface area contributed by atoms with E-state index < -0.39 is 0 Å². The number of piperazine rings is 1. The van der Waals surface area contributed by atoms with E-state index in [-0.39, 0.29) is 17.9 Å². The van der Waals surface area contributed by atoms with Crippen LogP contribution < -0.4 is 5.32 Å². The first kappa shape index (κ1) is 19.1. The summed E-state index contributed by atoms with van der Waals surface area (Å²) in [6.07, 6.45) is 0. The second-order valence-electron chi connectivity index (χ2n) is 7.12. The number of ether oxygens (including phenoxy) is 1. The van der Waals surface area contributed by atoms with Gasteiger partial charge in [-0.25, -0.2) is 0 Å². The molecule has 2 fully saturated rings. The quantitative estimate of drug-likeness (QED) is 0.714. The van der Waals surface area contributed by atoms with Crippen LogP contribution in [0.25, 0.3) is 0 Å². The number of carbonyl (C=O) groups excluding carboxylic acids is 2. The molecule has 2 aliphatic heterocycles. The summed E-state index contributed by atoms with van der Waals surface area (Å²) in [5.74, 6) is 0.723. The zero-order chi connectivity index (χ0) is 17.5. The Morgan fingerprint density at radius 3 is 2.21 bits per heavy atom. The fourth-order valence-electron chi connectivity index (χ4n) is 3.03. The summed E-state index contributed by atoms with van der Waals surface area (Å²) in [4.78, 5) is 30.8. The summed E-state index contributed by atoms with van der Waals surface area (Å²) in [7, 11) is 0. The molecule has 2 aliphatic rings. The van der Waals surface area contributed by atoms with Gasteiger partial charge in [-0.05, 0) is 12.8 Å². The van der Waals surface area contributed by atoms with E-state index in [1.54, 1.807) is 0 Å². The van der Waals surface area contributed by atoms with Crippen LogP contribution in [-0.4, -0.2) is 98.1 Å². The average Bonchev–Trinajstić information content (AvgIpc) is 2.60. The molecular formula is C17H32N4O3. The van der Waals surface area contributed by atoms with Crippen molar-refractivity contribution in [2.45, 2.75) is 26.8 Å². The van der Waals surface area contributed by atoms with Crippen molar-refractivity contribution < 1.29 is 14.3 Å². The first-order valence-electron chi connectivity index (χ1n) is 9.07. The summed E-state index contributed by atoms with van der Waals surface area (Å²) >= 11 is 0. The molecule has 2 saturated heterocycles. The Bertz CT molecular complexity index is 416. The van der Waals surface area contributed by atoms with Crippen LogP contribution in [-0.2, 0) is 14.3 Å². The molecule has 0 aromatic carbocycles. The van der Waals surface area contributed by atoms with E-state index in [1.165, 1.54) is 0 Å². The number of morpholine rings is 1. The van der Waals surface area contributed by atoms with Crippen molar-refractivity contribution in [1.82, 2.24) is 20.0 Å². The van der Waals surface area contributed by atoms with Gasteiger partial charge in [-0.3, -0.25) is 19.4 Å². The van der Waals surface area contributed by atoms with E-state index in [0.717, 1.165) is 26.2 Å². The molecule has 2 rings (SSSR count). The molecule has 24 heavy (non-hydrogen) atoms. The topological polar surface area (TPSA) is 65.1 Å². The molecule has 1 atom stereocenters. The van der Waals surface area contributed by atoms with Gasteiger partial charge in [-0.15, -0.1) is 0 Å². The highest BCUT2D eigenvalue weighted by molar-refractivity contribution is 5.81. The lowest BCUT2D eigenvalue weighted by atomic mass is 10.2. The summed E-state index contributed by atoms with van der Waals surface area (Å²) in [5, 5.41) is 2.99. The van der Waals surface area contributed by atoms with Gasteiger partial charge >= 0.3 is 0 Å². The fourth-order valence-corrected chi connectivity index (χ4v) is 3.03. The summed E-state index contributed by atoms with van der Waals surface area (Å²) in [6.45, 7) is 13.3. The lowest BCUT2D eigenvalue weighted by Gasteiger charge is -2.38. The Morgan fingerprint density at radius 2 is 1.62 bits per heavy atom. The Balaban J connectivity index is 1.71. The number of rotatable bonds is 6. The SMILES string of the molecule is CC(C)CNC(=O)C(C)N1CCN(C(=O)CN2CCOCC2)CC1. The van der Waals surface area contributed by atoms with Gasteiger partial charge in [0.05, 0.1) is 25.8 Å². The highest BCUT2D eigenvalue weighted by Gasteiger charge is 2.28. The smallest absolute Gasteiger partial charge is 0.237 e. The largest absolute Gasteiger partial charge is 0.379 e. The van der Waals surface area contributed by atoms with Crippen molar-refractivity contribution >= 4 is 11.8 Å². The molecule has 0 spiro atoms. The van der Waals surface area contributed by atoms with Crippen LogP contribution in [0.15, 0.2) is 0 Å². The van der Waals surface area contributed by atoms with Crippen molar-refractivity contribution in [3.63, 3.8) is 0 Å². The average molecular weight is 340 g/mol. The first-order valence-corrected chi connectivity index (χ1v) is 9.07. The number of nitrogens with zero attached hydrogens (tertiary/aromatic N) is 3. The van der Waals surface area contributed by atoms with Crippen molar-refractivity contribution in [3.05, 3.63) is 0 Å². The van der Waals surface area contributed by atoms with Crippen LogP contribution in [0.3, 0.4) is 0 Å². The van der Waals surface area contributed by atoms with Gasteiger partial charge in [-0.2, -0.15) is 0 Å². The van der Waals surface area contributed by atoms with Gasteiger partial charge in [0.15, 0.2) is 0 Å². The summed E-state index contributed by atoms with van der Waals surface area (Å²) < 4.78 is 5.31. The molecular weight excluding hydrogens is 308 g/mol. The van der Waals surface area contributed by atoms with Crippen molar-refractivity contribution in [2.24, 2.45) is 5.92 Å². The minimum atomic E-state index is -0.139. The van der Waals surface area contributed by atoms with Gasteiger partial charge in [0.25, 0.3) is 0 Å². The number of amides is 2. The zero-order valence-electron chi connectivity index (χ0n) is 15.3. The Morgan fingerprint density at radius 1 is 1.00 bits per heavy atom. The third-order valence-electron chi connectivity index (χ3n) is 4.74. The molecule has 0 aromatic heterocycles. The van der Waals surface area contributed by atoms with Crippen molar-refractivity contribution in [1.29, 1.82) is 0 Å². The van der Waals surface area contributed by atoms with Crippen LogP contribution in [0.4, 0.5) is 0 Å². The Labute approximate surface area is 145 Å². The first-order chi connectivity index (χ1) is 11.5. The summed E-state index contributed by atoms with van der Waals surface area (Å²) in [5.41, 5.74) is 0. The lowest BCUT2D eigenvalue weighted by Crippen LogP contribution is -2.56. The molecule has 0 aliphatic carbocycles. The van der Waals surface area contributed by atoms with Crippen molar-refractivity contribution in [2.75, 3.05) is 65.6 Å². The predicted molar refractivity (Wildman–Crippen MR) is 92.7 cm³/mol. The molecule has 2 amide bonds. The summed E-state index contributed by atoms with van der Waals surface area (Å²) in [6, 6.07) is -0.139. The van der Waals surface area contributed by atoms with Crippen LogP contribution >= 0.6 is 0 Å². The monoisotopic (exact) mass is 340 g/mol. The molecule has 0 bridgehead atoms. The Hall–Kier alpha value is -1.18. The third kappa shape index (κ3) is 5.72. The molecule has 2 heterocycles. The van der Waals surface area contributed by atoms with Crippen LogP contribution in [0.1, 0.15) is 20.8 Å². The lowest BCUT2D eigenvalue weighted by molar-refractivity contribution is -0.136. The van der Waals surface area contributed by atoms with Crippen LogP contribution in [0.2, 0.25) is 0 Å². The van der Waals surface area contributed by atoms with Gasteiger partial charge < -0.3 is 15.0 Å². The maximum atomic E-state index is 12.4. The standard InChI is InChI=1S/C17H32N4O3/c1-14(2)12-18-17(23)15(3)20-4-6-21(7-5-20)16(22)13-19-8-10-24-11-9-19/h14-15H,4-13H2,1-3H3,(H,18,23). The van der Waals surface area contributed by atoms with Gasteiger partial charge in [0.1, 0.15) is 0 Å². The molecule has 0 saturated carbocycles. The molecule has 0 radical (unpaired) electrons. The van der Waals surface area contributed by atoms with E-state index in [2.05, 4.69) is 29.0 Å². The molecule has 7 nitrogen and oxygen atoms in total. The van der Waals surface area contributed by atoms with E-state index in [4.69, 9.17) is 4.74 Å². The highest BCUT2D eigenvalue weighted by atomic mass is 16.5. The molecule has 7 heteroatoms.